The van der Waals surface area contributed by atoms with E-state index < -0.39 is 10.2 Å². The van der Waals surface area contributed by atoms with Crippen LogP contribution in [0.25, 0.3) is 0 Å². The molecule has 1 aromatic rings. The first-order valence-corrected chi connectivity index (χ1v) is 6.61. The molecule has 0 spiro atoms. The molecule has 0 saturated carbocycles. The fourth-order valence-electron chi connectivity index (χ4n) is 1.43. The summed E-state index contributed by atoms with van der Waals surface area (Å²) in [5.74, 6) is 0. The van der Waals surface area contributed by atoms with Crippen molar-refractivity contribution < 1.29 is 8.42 Å². The van der Waals surface area contributed by atoms with E-state index >= 15 is 0 Å². The van der Waals surface area contributed by atoms with Gasteiger partial charge in [-0.25, -0.2) is 5.14 Å². The van der Waals surface area contributed by atoms with Gasteiger partial charge in [0.2, 0.25) is 0 Å². The first kappa shape index (κ1) is 13.0. The zero-order chi connectivity index (χ0) is 12.2. The lowest BCUT2D eigenvalue weighted by atomic mass is 10.1. The Bertz CT molecular complexity index is 428. The molecular formula is C10H17N3O2S. The Balaban J connectivity index is 2.75. The van der Waals surface area contributed by atoms with Crippen molar-refractivity contribution in [2.75, 3.05) is 11.3 Å². The van der Waals surface area contributed by atoms with E-state index in [4.69, 9.17) is 5.14 Å². The van der Waals surface area contributed by atoms with Gasteiger partial charge in [0.05, 0.1) is 0 Å². The highest BCUT2D eigenvalue weighted by atomic mass is 32.2. The van der Waals surface area contributed by atoms with Crippen LogP contribution in [0.15, 0.2) is 24.3 Å². The van der Waals surface area contributed by atoms with Crippen LogP contribution in [-0.2, 0) is 10.2 Å². The molecule has 90 valence electrons. The van der Waals surface area contributed by atoms with Gasteiger partial charge in [-0.05, 0) is 31.2 Å². The number of anilines is 1. The van der Waals surface area contributed by atoms with Crippen LogP contribution < -0.4 is 15.2 Å². The van der Waals surface area contributed by atoms with Gasteiger partial charge in [-0.3, -0.25) is 4.72 Å². The Hall–Kier alpha value is -1.11. The first-order valence-electron chi connectivity index (χ1n) is 5.06. The monoisotopic (exact) mass is 243 g/mol. The standard InChI is InChI=1S/C10H17N3O2S/c1-3-12-8(2)9-4-6-10(7-5-9)13-16(11,14)15/h4-8,12-13H,3H2,1-2H3,(H2,11,14,15). The summed E-state index contributed by atoms with van der Waals surface area (Å²) >= 11 is 0. The second kappa shape index (κ2) is 5.29. The number of hydrogen-bond donors (Lipinski definition) is 3. The van der Waals surface area contributed by atoms with Crippen LogP contribution >= 0.6 is 0 Å². The average Bonchev–Trinajstić information content (AvgIpc) is 2.16. The van der Waals surface area contributed by atoms with E-state index in [1.165, 1.54) is 0 Å². The summed E-state index contributed by atoms with van der Waals surface area (Å²) < 4.78 is 23.8. The summed E-state index contributed by atoms with van der Waals surface area (Å²) in [7, 11) is -3.69. The Morgan fingerprint density at radius 2 is 1.88 bits per heavy atom. The van der Waals surface area contributed by atoms with Crippen molar-refractivity contribution in [3.8, 4) is 0 Å². The van der Waals surface area contributed by atoms with E-state index in [9.17, 15) is 8.42 Å². The quantitative estimate of drug-likeness (QED) is 0.720. The molecule has 1 unspecified atom stereocenters. The van der Waals surface area contributed by atoms with E-state index in [1.807, 2.05) is 26.0 Å². The van der Waals surface area contributed by atoms with Gasteiger partial charge in [-0.1, -0.05) is 19.1 Å². The van der Waals surface area contributed by atoms with Crippen LogP contribution in [0, 0.1) is 0 Å². The molecule has 0 aliphatic rings. The average molecular weight is 243 g/mol. The predicted molar refractivity (Wildman–Crippen MR) is 65.3 cm³/mol. The summed E-state index contributed by atoms with van der Waals surface area (Å²) in [6, 6.07) is 7.34. The molecule has 1 rings (SSSR count). The molecule has 16 heavy (non-hydrogen) atoms. The van der Waals surface area contributed by atoms with E-state index in [1.54, 1.807) is 12.1 Å². The van der Waals surface area contributed by atoms with Crippen LogP contribution in [0.5, 0.6) is 0 Å². The molecule has 0 aliphatic heterocycles. The molecule has 0 saturated heterocycles. The van der Waals surface area contributed by atoms with Crippen molar-refractivity contribution in [3.05, 3.63) is 29.8 Å². The number of benzene rings is 1. The molecule has 0 fully saturated rings. The summed E-state index contributed by atoms with van der Waals surface area (Å²) in [4.78, 5) is 0. The Morgan fingerprint density at radius 3 is 2.31 bits per heavy atom. The third-order valence-electron chi connectivity index (χ3n) is 2.18. The SMILES string of the molecule is CCNC(C)c1ccc(NS(N)(=O)=O)cc1. The number of hydrogen-bond acceptors (Lipinski definition) is 3. The molecule has 5 nitrogen and oxygen atoms in total. The van der Waals surface area contributed by atoms with Gasteiger partial charge < -0.3 is 5.32 Å². The van der Waals surface area contributed by atoms with Crippen molar-refractivity contribution in [3.63, 3.8) is 0 Å². The van der Waals surface area contributed by atoms with Crippen molar-refractivity contribution in [1.82, 2.24) is 5.32 Å². The van der Waals surface area contributed by atoms with E-state index in [0.717, 1.165) is 12.1 Å². The Labute approximate surface area is 96.2 Å². The van der Waals surface area contributed by atoms with Gasteiger partial charge in [0, 0.05) is 11.7 Å². The summed E-state index contributed by atoms with van der Waals surface area (Å²) in [6.45, 7) is 4.97. The predicted octanol–water partition coefficient (Wildman–Crippen LogP) is 0.973. The van der Waals surface area contributed by atoms with E-state index in [-0.39, 0.29) is 6.04 Å². The van der Waals surface area contributed by atoms with Crippen LogP contribution in [0.2, 0.25) is 0 Å². The summed E-state index contributed by atoms with van der Waals surface area (Å²) in [6.07, 6.45) is 0. The molecule has 0 aliphatic carbocycles. The van der Waals surface area contributed by atoms with Gasteiger partial charge in [0.25, 0.3) is 10.2 Å². The second-order valence-corrected chi connectivity index (χ2v) is 4.84. The molecule has 0 bridgehead atoms. The van der Waals surface area contributed by atoms with Gasteiger partial charge in [0.15, 0.2) is 0 Å². The van der Waals surface area contributed by atoms with E-state index in [2.05, 4.69) is 10.0 Å². The maximum atomic E-state index is 10.8. The molecule has 1 aromatic carbocycles. The number of nitrogens with one attached hydrogen (secondary N) is 2. The molecule has 0 heterocycles. The molecule has 0 amide bonds. The van der Waals surface area contributed by atoms with Crippen LogP contribution in [0.1, 0.15) is 25.5 Å². The van der Waals surface area contributed by atoms with Crippen LogP contribution in [-0.4, -0.2) is 15.0 Å². The first-order chi connectivity index (χ1) is 7.42. The maximum absolute atomic E-state index is 10.8. The third kappa shape index (κ3) is 4.18. The van der Waals surface area contributed by atoms with Gasteiger partial charge in [0.1, 0.15) is 0 Å². The van der Waals surface area contributed by atoms with Gasteiger partial charge in [-0.15, -0.1) is 0 Å². The minimum Gasteiger partial charge on any atom is -0.310 e. The highest BCUT2D eigenvalue weighted by Crippen LogP contribution is 2.16. The lowest BCUT2D eigenvalue weighted by Crippen LogP contribution is -2.21. The molecule has 0 radical (unpaired) electrons. The minimum absolute atomic E-state index is 0.244. The van der Waals surface area contributed by atoms with Crippen molar-refractivity contribution in [2.24, 2.45) is 5.14 Å². The van der Waals surface area contributed by atoms with E-state index in [0.29, 0.717) is 5.69 Å². The maximum Gasteiger partial charge on any atom is 0.296 e. The largest absolute Gasteiger partial charge is 0.310 e. The molecular weight excluding hydrogens is 226 g/mol. The van der Waals surface area contributed by atoms with Gasteiger partial charge >= 0.3 is 0 Å². The highest BCUT2D eigenvalue weighted by Gasteiger charge is 2.05. The van der Waals surface area contributed by atoms with Crippen molar-refractivity contribution >= 4 is 15.9 Å². The lowest BCUT2D eigenvalue weighted by molar-refractivity contribution is 0.598. The molecule has 6 heteroatoms. The van der Waals surface area contributed by atoms with Crippen molar-refractivity contribution in [1.29, 1.82) is 0 Å². The minimum atomic E-state index is -3.69. The lowest BCUT2D eigenvalue weighted by Gasteiger charge is -2.13. The van der Waals surface area contributed by atoms with Crippen LogP contribution in [0.3, 0.4) is 0 Å². The topological polar surface area (TPSA) is 84.2 Å². The molecule has 4 N–H and O–H groups in total. The summed E-state index contributed by atoms with van der Waals surface area (Å²) in [5.41, 5.74) is 1.57. The van der Waals surface area contributed by atoms with Crippen molar-refractivity contribution in [2.45, 2.75) is 19.9 Å². The molecule has 0 aromatic heterocycles. The smallest absolute Gasteiger partial charge is 0.296 e. The Morgan fingerprint density at radius 1 is 1.31 bits per heavy atom. The Kier molecular flexibility index (Phi) is 4.28. The number of rotatable bonds is 5. The normalized spacial score (nSPS) is 13.4. The second-order valence-electron chi connectivity index (χ2n) is 3.55. The zero-order valence-electron chi connectivity index (χ0n) is 9.40. The highest BCUT2D eigenvalue weighted by molar-refractivity contribution is 7.90. The van der Waals surface area contributed by atoms with Gasteiger partial charge in [-0.2, -0.15) is 8.42 Å². The summed E-state index contributed by atoms with van der Waals surface area (Å²) in [5, 5.41) is 8.13. The molecule has 1 atom stereocenters. The number of nitrogens with two attached hydrogens (primary N) is 1. The third-order valence-corrected chi connectivity index (χ3v) is 2.70. The van der Waals surface area contributed by atoms with Crippen LogP contribution in [0.4, 0.5) is 5.69 Å². The fourth-order valence-corrected chi connectivity index (χ4v) is 1.89. The zero-order valence-corrected chi connectivity index (χ0v) is 10.2. The fraction of sp³-hybridized carbons (Fsp3) is 0.400.